The molecule has 2 atom stereocenters. The summed E-state index contributed by atoms with van der Waals surface area (Å²) < 4.78 is 0. The van der Waals surface area contributed by atoms with Gasteiger partial charge in [-0.2, -0.15) is 0 Å². The van der Waals surface area contributed by atoms with E-state index in [1.807, 2.05) is 37.3 Å². The lowest BCUT2D eigenvalue weighted by molar-refractivity contribution is -0.139. The molecule has 0 aliphatic heterocycles. The highest BCUT2D eigenvalue weighted by Gasteiger charge is 2.07. The molecular formula is C12H19NO4. The summed E-state index contributed by atoms with van der Waals surface area (Å²) in [7, 11) is 0. The highest BCUT2D eigenvalue weighted by atomic mass is 16.4. The second-order valence-electron chi connectivity index (χ2n) is 3.46. The lowest BCUT2D eigenvalue weighted by Crippen LogP contribution is -2.33. The van der Waals surface area contributed by atoms with Gasteiger partial charge in [-0.05, 0) is 12.0 Å². The molecule has 0 heterocycles. The number of rotatable bonds is 4. The summed E-state index contributed by atoms with van der Waals surface area (Å²) in [5.74, 6) is -1.18. The van der Waals surface area contributed by atoms with E-state index in [1.165, 1.54) is 0 Å². The molecule has 0 aromatic heterocycles. The number of hydrogen-bond acceptors (Lipinski definition) is 4. The third-order valence-electron chi connectivity index (χ3n) is 2.08. The van der Waals surface area contributed by atoms with Gasteiger partial charge in [-0.1, -0.05) is 37.3 Å². The third-order valence-corrected chi connectivity index (χ3v) is 2.08. The van der Waals surface area contributed by atoms with Crippen molar-refractivity contribution in [2.75, 3.05) is 6.61 Å². The number of aliphatic hydroxyl groups is 2. The van der Waals surface area contributed by atoms with E-state index in [1.54, 1.807) is 0 Å². The second-order valence-corrected chi connectivity index (χ2v) is 3.46. The van der Waals surface area contributed by atoms with Gasteiger partial charge in [0.05, 0.1) is 12.7 Å². The topological polar surface area (TPSA) is 104 Å². The number of carboxylic acid groups (broad SMARTS) is 1. The fraction of sp³-hybridized carbons (Fsp3) is 0.417. The molecule has 1 aromatic carbocycles. The van der Waals surface area contributed by atoms with E-state index < -0.39 is 18.6 Å². The predicted octanol–water partition coefficient (Wildman–Crippen LogP) is 0.521. The standard InChI is InChI=1S/C9H12O.C3H7NO3/c1-2-9(10)8-6-4-3-5-7-8;4-2(1-5)3(6)7/h3-7,9-10H,2H2,1H3;2,5H,1,4H2,(H,6,7). The predicted molar refractivity (Wildman–Crippen MR) is 64.4 cm³/mol. The minimum atomic E-state index is -1.18. The average Bonchev–Trinajstić information content (AvgIpc) is 2.38. The van der Waals surface area contributed by atoms with E-state index in [0.717, 1.165) is 12.0 Å². The van der Waals surface area contributed by atoms with Crippen LogP contribution in [0.3, 0.4) is 0 Å². The maximum absolute atomic E-state index is 9.65. The molecule has 5 nitrogen and oxygen atoms in total. The molecule has 1 aromatic rings. The molecule has 0 saturated heterocycles. The van der Waals surface area contributed by atoms with Gasteiger partial charge in [0.2, 0.25) is 0 Å². The van der Waals surface area contributed by atoms with E-state index in [0.29, 0.717) is 0 Å². The quantitative estimate of drug-likeness (QED) is 0.615. The highest BCUT2D eigenvalue weighted by molar-refractivity contribution is 5.73. The number of carboxylic acids is 1. The van der Waals surface area contributed by atoms with Gasteiger partial charge in [0.1, 0.15) is 6.04 Å². The van der Waals surface area contributed by atoms with Crippen LogP contribution in [0.4, 0.5) is 0 Å². The molecule has 0 amide bonds. The summed E-state index contributed by atoms with van der Waals surface area (Å²) >= 11 is 0. The van der Waals surface area contributed by atoms with E-state index >= 15 is 0 Å². The summed E-state index contributed by atoms with van der Waals surface area (Å²) in [6.07, 6.45) is 0.491. The Labute approximate surface area is 101 Å². The lowest BCUT2D eigenvalue weighted by Gasteiger charge is -2.05. The number of benzene rings is 1. The van der Waals surface area contributed by atoms with Crippen molar-refractivity contribution in [3.05, 3.63) is 35.9 Å². The van der Waals surface area contributed by atoms with Crippen molar-refractivity contribution in [1.82, 2.24) is 0 Å². The van der Waals surface area contributed by atoms with Gasteiger partial charge in [0.15, 0.2) is 0 Å². The van der Waals surface area contributed by atoms with Gasteiger partial charge in [-0.3, -0.25) is 4.79 Å². The summed E-state index contributed by atoms with van der Waals surface area (Å²) in [4.78, 5) is 9.65. The van der Waals surface area contributed by atoms with Crippen molar-refractivity contribution in [1.29, 1.82) is 0 Å². The van der Waals surface area contributed by atoms with Gasteiger partial charge < -0.3 is 21.1 Å². The average molecular weight is 241 g/mol. The van der Waals surface area contributed by atoms with Crippen LogP contribution in [-0.2, 0) is 4.79 Å². The second kappa shape index (κ2) is 8.69. The summed E-state index contributed by atoms with van der Waals surface area (Å²) in [5.41, 5.74) is 5.77. The molecule has 0 aliphatic rings. The van der Waals surface area contributed by atoms with Crippen LogP contribution < -0.4 is 5.73 Å². The fourth-order valence-corrected chi connectivity index (χ4v) is 0.989. The lowest BCUT2D eigenvalue weighted by atomic mass is 10.1. The van der Waals surface area contributed by atoms with Gasteiger partial charge in [0, 0.05) is 0 Å². The molecule has 0 radical (unpaired) electrons. The van der Waals surface area contributed by atoms with E-state index in [9.17, 15) is 9.90 Å². The molecule has 17 heavy (non-hydrogen) atoms. The maximum Gasteiger partial charge on any atom is 0.322 e. The minimum absolute atomic E-state index is 0.291. The Balaban J connectivity index is 0.000000325. The molecule has 0 spiro atoms. The van der Waals surface area contributed by atoms with Crippen LogP contribution in [0.1, 0.15) is 25.0 Å². The Morgan fingerprint density at radius 2 is 1.88 bits per heavy atom. The summed E-state index contributed by atoms with van der Waals surface area (Å²) in [6, 6.07) is 8.58. The number of nitrogens with two attached hydrogens (primary N) is 1. The zero-order valence-corrected chi connectivity index (χ0v) is 9.78. The van der Waals surface area contributed by atoms with Gasteiger partial charge >= 0.3 is 5.97 Å². The maximum atomic E-state index is 9.65. The van der Waals surface area contributed by atoms with E-state index in [4.69, 9.17) is 15.9 Å². The first-order chi connectivity index (χ1) is 8.02. The summed E-state index contributed by atoms with van der Waals surface area (Å²) in [5, 5.41) is 25.2. The Bertz CT molecular complexity index is 316. The number of carbonyl (C=O) groups is 1. The molecule has 2 unspecified atom stereocenters. The van der Waals surface area contributed by atoms with E-state index in [2.05, 4.69) is 0 Å². The van der Waals surface area contributed by atoms with E-state index in [-0.39, 0.29) is 6.10 Å². The normalized spacial score (nSPS) is 13.2. The molecular weight excluding hydrogens is 222 g/mol. The fourth-order valence-electron chi connectivity index (χ4n) is 0.989. The first-order valence-corrected chi connectivity index (χ1v) is 5.35. The van der Waals surface area contributed by atoms with Crippen molar-refractivity contribution < 1.29 is 20.1 Å². The van der Waals surface area contributed by atoms with Gasteiger partial charge in [-0.15, -0.1) is 0 Å². The number of aliphatic hydroxyl groups excluding tert-OH is 2. The van der Waals surface area contributed by atoms with Gasteiger partial charge in [0.25, 0.3) is 0 Å². The monoisotopic (exact) mass is 241 g/mol. The Hall–Kier alpha value is -1.43. The Morgan fingerprint density at radius 3 is 2.18 bits per heavy atom. The zero-order chi connectivity index (χ0) is 13.3. The molecule has 5 N–H and O–H groups in total. The van der Waals surface area contributed by atoms with Crippen molar-refractivity contribution >= 4 is 5.97 Å². The van der Waals surface area contributed by atoms with Crippen molar-refractivity contribution in [2.45, 2.75) is 25.5 Å². The van der Waals surface area contributed by atoms with Crippen LogP contribution in [0.15, 0.2) is 30.3 Å². The largest absolute Gasteiger partial charge is 0.480 e. The van der Waals surface area contributed by atoms with Crippen LogP contribution in [0, 0.1) is 0 Å². The van der Waals surface area contributed by atoms with Crippen molar-refractivity contribution in [3.63, 3.8) is 0 Å². The molecule has 0 bridgehead atoms. The first-order valence-electron chi connectivity index (χ1n) is 5.35. The number of aliphatic carboxylic acids is 1. The molecule has 0 saturated carbocycles. The van der Waals surface area contributed by atoms with Crippen LogP contribution in [0.25, 0.3) is 0 Å². The minimum Gasteiger partial charge on any atom is -0.480 e. The molecule has 0 fully saturated rings. The van der Waals surface area contributed by atoms with Gasteiger partial charge in [-0.25, -0.2) is 0 Å². The first kappa shape index (κ1) is 15.6. The Kier molecular flexibility index (Phi) is 7.96. The molecule has 0 aliphatic carbocycles. The Morgan fingerprint density at radius 1 is 1.35 bits per heavy atom. The molecule has 96 valence electrons. The molecule has 1 rings (SSSR count). The van der Waals surface area contributed by atoms with Crippen LogP contribution in [-0.4, -0.2) is 33.9 Å². The van der Waals surface area contributed by atoms with Crippen LogP contribution in [0.2, 0.25) is 0 Å². The smallest absolute Gasteiger partial charge is 0.322 e. The summed E-state index contributed by atoms with van der Waals surface area (Å²) in [6.45, 7) is 1.47. The third kappa shape index (κ3) is 6.68. The van der Waals surface area contributed by atoms with Crippen LogP contribution in [0.5, 0.6) is 0 Å². The highest BCUT2D eigenvalue weighted by Crippen LogP contribution is 2.14. The molecule has 5 heteroatoms. The zero-order valence-electron chi connectivity index (χ0n) is 9.78. The number of hydrogen-bond donors (Lipinski definition) is 4. The van der Waals surface area contributed by atoms with Crippen molar-refractivity contribution in [3.8, 4) is 0 Å². The SMILES string of the molecule is CCC(O)c1ccccc1.NC(CO)C(=O)O. The van der Waals surface area contributed by atoms with Crippen LogP contribution >= 0.6 is 0 Å². The van der Waals surface area contributed by atoms with Crippen molar-refractivity contribution in [2.24, 2.45) is 5.73 Å².